The number of allylic oxidation sites excluding steroid dienone is 9. The van der Waals surface area contributed by atoms with Crippen molar-refractivity contribution < 1.29 is 61.1 Å². The fourth-order valence-corrected chi connectivity index (χ4v) is 6.61. The first-order chi connectivity index (χ1) is 46.0. The topological polar surface area (TPSA) is 120 Å². The Kier molecular flexibility index (Phi) is 87.0. The molecule has 0 fully saturated rings. The van der Waals surface area contributed by atoms with Gasteiger partial charge < -0.3 is 54.8 Å². The Morgan fingerprint density at radius 3 is 1.43 bits per heavy atom. The van der Waals surface area contributed by atoms with Crippen LogP contribution >= 0.6 is 0 Å². The smallest absolute Gasteiger partial charge is 0.504 e. The Bertz CT molecular complexity index is 2980. The molecule has 3 aliphatic rings. The molecule has 6 heterocycles. The zero-order valence-corrected chi connectivity index (χ0v) is 70.1. The molecule has 12 heteroatoms. The number of aryl methyl sites for hydroxylation is 7. The molecule has 1 aliphatic carbocycles. The molecule has 9 aromatic rings. The number of H-pyrrole nitrogens is 2. The van der Waals surface area contributed by atoms with E-state index >= 15 is 0 Å². The molecule has 1 unspecified atom stereocenters. The molecule has 0 radical (unpaired) electrons. The number of nitrogens with one attached hydrogen (secondary N) is 2. The Labute approximate surface area is 616 Å². The largest absolute Gasteiger partial charge is 2.00 e. The normalized spacial score (nSPS) is 10.6. The van der Waals surface area contributed by atoms with Crippen LogP contribution in [0.15, 0.2) is 207 Å². The van der Waals surface area contributed by atoms with Crippen molar-refractivity contribution in [1.82, 2.24) is 30.4 Å². The Morgan fingerprint density at radius 1 is 0.479 bits per heavy atom. The predicted molar refractivity (Wildman–Crippen MR) is 414 cm³/mol. The zero-order valence-electron chi connectivity index (χ0n) is 64.2. The fourth-order valence-electron chi connectivity index (χ4n) is 6.61. The first kappa shape index (κ1) is 105. The maximum Gasteiger partial charge on any atom is 2.00 e. The third-order valence-corrected chi connectivity index (χ3v) is 10.5. The van der Waals surface area contributed by atoms with Crippen molar-refractivity contribution in [2.75, 3.05) is 20.0 Å². The predicted octanol–water partition coefficient (Wildman–Crippen LogP) is 24.9. The van der Waals surface area contributed by atoms with Crippen LogP contribution in [0.25, 0.3) is 21.9 Å². The van der Waals surface area contributed by atoms with E-state index in [1.165, 1.54) is 50.4 Å². The summed E-state index contributed by atoms with van der Waals surface area (Å²) in [5, 5.41) is 11.7. The number of fused-ring (bicyclic) bond motifs is 4. The van der Waals surface area contributed by atoms with Gasteiger partial charge in [0.1, 0.15) is 24.2 Å². The van der Waals surface area contributed by atoms with Gasteiger partial charge in [-0.1, -0.05) is 209 Å². The van der Waals surface area contributed by atoms with E-state index < -0.39 is 0 Å². The minimum absolute atomic E-state index is 0. The van der Waals surface area contributed by atoms with Crippen molar-refractivity contribution in [3.8, 4) is 23.0 Å². The van der Waals surface area contributed by atoms with Crippen molar-refractivity contribution in [1.29, 1.82) is 0 Å². The number of benzene rings is 5. The summed E-state index contributed by atoms with van der Waals surface area (Å²) in [6, 6.07) is 46.4. The Hall–Kier alpha value is -7.51. The van der Waals surface area contributed by atoms with Crippen LogP contribution in [-0.4, -0.2) is 50.4 Å². The summed E-state index contributed by atoms with van der Waals surface area (Å²) < 4.78 is 21.0. The molecule has 2 N–H and O–H groups in total. The summed E-state index contributed by atoms with van der Waals surface area (Å²) >= 11 is 0. The first-order valence-electron chi connectivity index (χ1n) is 34.0. The van der Waals surface area contributed by atoms with Gasteiger partial charge in [-0.15, -0.1) is 19.1 Å². The van der Waals surface area contributed by atoms with E-state index in [0.29, 0.717) is 25.9 Å². The van der Waals surface area contributed by atoms with Gasteiger partial charge >= 0.3 is 42.1 Å². The van der Waals surface area contributed by atoms with E-state index in [1.807, 2.05) is 294 Å². The number of nitrogens with zero attached hydrogens (tertiary/aromatic N) is 4. The van der Waals surface area contributed by atoms with Crippen molar-refractivity contribution >= 4 is 21.9 Å². The molecule has 1 atom stereocenters. The summed E-state index contributed by atoms with van der Waals surface area (Å²) in [6.45, 7) is 60.6. The van der Waals surface area contributed by atoms with Crippen LogP contribution in [0.2, 0.25) is 0 Å². The average molecular weight is 1650 g/mol. The second-order valence-corrected chi connectivity index (χ2v) is 17.2. The third-order valence-electron chi connectivity index (χ3n) is 10.5. The van der Waals surface area contributed by atoms with Crippen molar-refractivity contribution in [2.24, 2.45) is 5.92 Å². The second kappa shape index (κ2) is 79.9. The molecular weight excluding hydrogens is 1520 g/mol. The maximum absolute atomic E-state index is 5.38. The number of aromatic amines is 2. The molecule has 0 bridgehead atoms. The zero-order chi connectivity index (χ0) is 72.6. The van der Waals surface area contributed by atoms with E-state index in [1.54, 1.807) is 25.4 Å². The second-order valence-electron chi connectivity index (χ2n) is 17.2. The summed E-state index contributed by atoms with van der Waals surface area (Å²) in [6.07, 6.45) is 28.6. The van der Waals surface area contributed by atoms with Crippen LogP contribution < -0.4 is 18.9 Å². The van der Waals surface area contributed by atoms with Crippen LogP contribution in [0.5, 0.6) is 23.0 Å². The van der Waals surface area contributed by atoms with Crippen molar-refractivity contribution in [2.45, 2.75) is 187 Å². The van der Waals surface area contributed by atoms with E-state index in [4.69, 9.17) is 25.5 Å². The number of rotatable bonds is 2. The molecule has 10 nitrogen and oxygen atoms in total. The van der Waals surface area contributed by atoms with Gasteiger partial charge in [-0.3, -0.25) is 16.0 Å². The minimum Gasteiger partial charge on any atom is -0.504 e. The molecule has 96 heavy (non-hydrogen) atoms. The number of ether oxygens (including phenoxy) is 4. The summed E-state index contributed by atoms with van der Waals surface area (Å²) in [4.78, 5) is 11.0. The molecular formula is C84H126N6O4W2. The van der Waals surface area contributed by atoms with Gasteiger partial charge in [0.2, 0.25) is 6.79 Å². The summed E-state index contributed by atoms with van der Waals surface area (Å²) in [5.41, 5.74) is 11.6. The Balaban J connectivity index is -0.000000147. The van der Waals surface area contributed by atoms with Gasteiger partial charge in [0.05, 0.1) is 0 Å². The fraction of sp³-hybridized carbons (Fsp3) is 0.369. The van der Waals surface area contributed by atoms with Gasteiger partial charge in [0, 0.05) is 36.0 Å². The van der Waals surface area contributed by atoms with Crippen LogP contribution in [-0.2, 0) is 42.1 Å². The maximum atomic E-state index is 5.38. The van der Waals surface area contributed by atoms with Gasteiger partial charge in [-0.05, 0) is 148 Å². The molecule has 0 spiro atoms. The van der Waals surface area contributed by atoms with Gasteiger partial charge in [0.15, 0.2) is 23.0 Å². The molecule has 2 aliphatic heterocycles. The first-order valence-corrected chi connectivity index (χ1v) is 34.0. The number of aromatic nitrogens is 6. The third kappa shape index (κ3) is 55.7. The van der Waals surface area contributed by atoms with E-state index in [0.717, 1.165) is 39.7 Å². The van der Waals surface area contributed by atoms with Gasteiger partial charge in [-0.2, -0.15) is 22.3 Å². The van der Waals surface area contributed by atoms with Crippen molar-refractivity contribution in [3.05, 3.63) is 271 Å². The summed E-state index contributed by atoms with van der Waals surface area (Å²) in [5.74, 6) is 3.92. The molecule has 5 aromatic carbocycles. The number of hydrogen-bond acceptors (Lipinski definition) is 8. The van der Waals surface area contributed by atoms with E-state index in [2.05, 4.69) is 117 Å². The van der Waals surface area contributed by atoms with E-state index in [-0.39, 0.29) is 42.1 Å². The molecule has 12 rings (SSSR count). The summed E-state index contributed by atoms with van der Waals surface area (Å²) in [7, 11) is 0. The number of pyridine rings is 2. The molecule has 0 amide bonds. The van der Waals surface area contributed by atoms with Crippen LogP contribution in [0.4, 0.5) is 0 Å². The minimum atomic E-state index is 0. The van der Waals surface area contributed by atoms with E-state index in [9.17, 15) is 0 Å². The van der Waals surface area contributed by atoms with Crippen LogP contribution in [0.3, 0.4) is 0 Å². The SMILES string of the molecule is CC.CC.CC.CC.CC.CC.CC.CC.CC.C[C-]=CC1C=CC=C[CH-]1.Cc1ccc2c(c1)OCCO2.Cc1ccc2c(c1)OCO2.Cc1ccc2cc[nH]c2c1.Cc1ccc2n[nH]nc2c1.Cc1ccccc1.Cc1ccccn1.Cc1cccnc1.[CH-]=CC=[C-]C.[W+2].[W+2]. The standard InChI is InChI=1S/C9H9N.C9H10O2.C9H10.C8H8O2.C7H7N3.C7H8.2C6H7N.C5H6.9C2H6.2W/c1-7-2-3-8-4-5-10-9(8)6-7;1-7-2-3-8-9(6-7)11-5-4-10-8;1-2-6-9-7-4-3-5-8-9;1-6-2-3-7-8(4-6)10-5-9-7;1-5-2-3-6-7(4-5)9-10-8-6;1-7-5-3-2-4-6-7;1-6-3-2-4-7-5-6;1-6-4-2-3-5-7-6;1-3-5-4-2;9*1-2;;/h2-6,10H,1H3;2-3,6H,4-5H2,1H3;3-9H,1H3;2-4H,5H2,1H3;2-4H,1H3,(H,8,9,10);2-6H,1H3;2*2-5H,1H3;1,3,5H,2H3;9*1-2H3;;/q;;-2;;;;;;-2;;;;;;;;;;2*+2. The molecule has 4 aromatic heterocycles. The molecule has 0 saturated carbocycles. The number of hydrogen-bond donors (Lipinski definition) is 2. The van der Waals surface area contributed by atoms with Crippen LogP contribution in [0, 0.1) is 79.5 Å². The molecule has 0 saturated heterocycles. The Morgan fingerprint density at radius 2 is 0.979 bits per heavy atom. The monoisotopic (exact) mass is 1650 g/mol. The van der Waals surface area contributed by atoms with Gasteiger partial charge in [0.25, 0.3) is 0 Å². The van der Waals surface area contributed by atoms with Crippen molar-refractivity contribution in [3.63, 3.8) is 0 Å². The van der Waals surface area contributed by atoms with Gasteiger partial charge in [-0.25, -0.2) is 18.6 Å². The average Bonchev–Trinajstić information content (AvgIpc) is 1.58. The quantitative estimate of drug-likeness (QED) is 0.130. The van der Waals surface area contributed by atoms with Crippen LogP contribution in [0.1, 0.15) is 178 Å². The molecule has 528 valence electrons.